The van der Waals surface area contributed by atoms with E-state index in [0.29, 0.717) is 11.5 Å². The zero-order chi connectivity index (χ0) is 13.9. The molecule has 1 fully saturated rings. The summed E-state index contributed by atoms with van der Waals surface area (Å²) in [6.07, 6.45) is 5.76. The zero-order valence-corrected chi connectivity index (χ0v) is 11.7. The first-order chi connectivity index (χ1) is 9.75. The van der Waals surface area contributed by atoms with Crippen LogP contribution >= 0.6 is 0 Å². The number of carbonyl (C=O) groups excluding carboxylic acids is 1. The average Bonchev–Trinajstić information content (AvgIpc) is 2.97. The predicted octanol–water partition coefficient (Wildman–Crippen LogP) is 2.38. The van der Waals surface area contributed by atoms with Crippen LogP contribution in [0.5, 0.6) is 0 Å². The number of hydrogen-bond donors (Lipinski definition) is 0. The molecule has 20 heavy (non-hydrogen) atoms. The van der Waals surface area contributed by atoms with E-state index >= 15 is 0 Å². The second-order valence-corrected chi connectivity index (χ2v) is 5.43. The molecule has 4 nitrogen and oxygen atoms in total. The fraction of sp³-hybridized carbons (Fsp3) is 0.375. The number of aromatic nitrogens is 2. The molecule has 2 aromatic rings. The summed E-state index contributed by atoms with van der Waals surface area (Å²) in [5.41, 5.74) is 0.705. The fourth-order valence-electron chi connectivity index (χ4n) is 2.89. The third-order valence-electron chi connectivity index (χ3n) is 3.90. The molecule has 0 radical (unpaired) electrons. The Morgan fingerprint density at radius 2 is 2.10 bits per heavy atom. The Balaban J connectivity index is 1.88. The summed E-state index contributed by atoms with van der Waals surface area (Å²) in [4.78, 5) is 19.3. The van der Waals surface area contributed by atoms with Gasteiger partial charge in [0.05, 0.1) is 0 Å². The lowest BCUT2D eigenvalue weighted by Crippen LogP contribution is -2.32. The van der Waals surface area contributed by atoms with Crippen molar-refractivity contribution < 1.29 is 4.79 Å². The standard InChI is InChI=1S/C16H19N3O/c1-18-10-5-8-14(12-18)15-17-9-11-19(15)16(20)13-6-3-2-4-7-13/h2-4,6-7,9,11,14H,5,8,10,12H2,1H3. The van der Waals surface area contributed by atoms with Crippen molar-refractivity contribution in [2.75, 3.05) is 20.1 Å². The van der Waals surface area contributed by atoms with Gasteiger partial charge in [0.15, 0.2) is 0 Å². The molecule has 0 spiro atoms. The normalized spacial score (nSPS) is 19.9. The molecule has 1 aromatic heterocycles. The molecule has 3 rings (SSSR count). The van der Waals surface area contributed by atoms with Crippen molar-refractivity contribution >= 4 is 5.91 Å². The molecule has 1 aliphatic heterocycles. The van der Waals surface area contributed by atoms with E-state index in [1.54, 1.807) is 17.0 Å². The molecule has 1 atom stereocenters. The Labute approximate surface area is 119 Å². The predicted molar refractivity (Wildman–Crippen MR) is 77.9 cm³/mol. The Morgan fingerprint density at radius 1 is 1.30 bits per heavy atom. The number of hydrogen-bond acceptors (Lipinski definition) is 3. The molecule has 104 valence electrons. The highest BCUT2D eigenvalue weighted by atomic mass is 16.2. The van der Waals surface area contributed by atoms with Crippen molar-refractivity contribution in [1.29, 1.82) is 0 Å². The maximum Gasteiger partial charge on any atom is 0.263 e. The Bertz CT molecular complexity index is 591. The van der Waals surface area contributed by atoms with Gasteiger partial charge in [-0.1, -0.05) is 18.2 Å². The third kappa shape index (κ3) is 2.51. The number of likely N-dealkylation sites (tertiary alicyclic amines) is 1. The largest absolute Gasteiger partial charge is 0.306 e. The van der Waals surface area contributed by atoms with Crippen LogP contribution in [0.25, 0.3) is 0 Å². The maximum atomic E-state index is 12.6. The van der Waals surface area contributed by atoms with E-state index in [1.165, 1.54) is 0 Å². The second-order valence-electron chi connectivity index (χ2n) is 5.43. The van der Waals surface area contributed by atoms with E-state index < -0.39 is 0 Å². The first-order valence-electron chi connectivity index (χ1n) is 7.07. The summed E-state index contributed by atoms with van der Waals surface area (Å²) < 4.78 is 1.71. The minimum absolute atomic E-state index is 0.00586. The van der Waals surface area contributed by atoms with Crippen LogP contribution in [-0.2, 0) is 0 Å². The molecule has 0 aliphatic carbocycles. The number of nitrogens with zero attached hydrogens (tertiary/aromatic N) is 3. The zero-order valence-electron chi connectivity index (χ0n) is 11.7. The molecular formula is C16H19N3O. The highest BCUT2D eigenvalue weighted by Gasteiger charge is 2.24. The van der Waals surface area contributed by atoms with Crippen molar-refractivity contribution in [3.05, 3.63) is 54.1 Å². The molecule has 1 saturated heterocycles. The lowest BCUT2D eigenvalue weighted by molar-refractivity contribution is 0.0952. The van der Waals surface area contributed by atoms with Crippen LogP contribution in [0, 0.1) is 0 Å². The molecule has 0 amide bonds. The van der Waals surface area contributed by atoms with Crippen LogP contribution in [0.4, 0.5) is 0 Å². The minimum Gasteiger partial charge on any atom is -0.306 e. The van der Waals surface area contributed by atoms with E-state index in [0.717, 1.165) is 31.8 Å². The maximum absolute atomic E-state index is 12.6. The molecule has 0 bridgehead atoms. The molecule has 2 heterocycles. The van der Waals surface area contributed by atoms with Crippen molar-refractivity contribution in [3.8, 4) is 0 Å². The van der Waals surface area contributed by atoms with E-state index in [2.05, 4.69) is 16.9 Å². The van der Waals surface area contributed by atoms with Crippen molar-refractivity contribution in [3.63, 3.8) is 0 Å². The summed E-state index contributed by atoms with van der Waals surface area (Å²) >= 11 is 0. The van der Waals surface area contributed by atoms with Crippen LogP contribution in [0.15, 0.2) is 42.7 Å². The van der Waals surface area contributed by atoms with Crippen LogP contribution in [0.2, 0.25) is 0 Å². The number of benzene rings is 1. The van der Waals surface area contributed by atoms with Gasteiger partial charge in [-0.3, -0.25) is 9.36 Å². The molecule has 4 heteroatoms. The van der Waals surface area contributed by atoms with Gasteiger partial charge in [0.1, 0.15) is 5.82 Å². The molecule has 1 unspecified atom stereocenters. The van der Waals surface area contributed by atoms with E-state index in [9.17, 15) is 4.79 Å². The summed E-state index contributed by atoms with van der Waals surface area (Å²) in [7, 11) is 2.12. The minimum atomic E-state index is 0.00586. The smallest absolute Gasteiger partial charge is 0.263 e. The monoisotopic (exact) mass is 269 g/mol. The summed E-state index contributed by atoms with van der Waals surface area (Å²) in [6.45, 7) is 2.10. The van der Waals surface area contributed by atoms with E-state index in [4.69, 9.17) is 0 Å². The van der Waals surface area contributed by atoms with Crippen molar-refractivity contribution in [2.24, 2.45) is 0 Å². The van der Waals surface area contributed by atoms with Crippen molar-refractivity contribution in [2.45, 2.75) is 18.8 Å². The number of carbonyl (C=O) groups is 1. The fourth-order valence-corrected chi connectivity index (χ4v) is 2.89. The van der Waals surface area contributed by atoms with E-state index in [1.807, 2.05) is 30.3 Å². The van der Waals surface area contributed by atoms with Gasteiger partial charge < -0.3 is 4.90 Å². The summed E-state index contributed by atoms with van der Waals surface area (Å²) in [6, 6.07) is 9.39. The van der Waals surface area contributed by atoms with Gasteiger partial charge in [-0.15, -0.1) is 0 Å². The average molecular weight is 269 g/mol. The topological polar surface area (TPSA) is 38.1 Å². The lowest BCUT2D eigenvalue weighted by Gasteiger charge is -2.29. The second kappa shape index (κ2) is 5.59. The van der Waals surface area contributed by atoms with Crippen LogP contribution < -0.4 is 0 Å². The molecule has 0 N–H and O–H groups in total. The number of likely N-dealkylation sites (N-methyl/N-ethyl adjacent to an activating group) is 1. The Hall–Kier alpha value is -1.94. The number of imidazole rings is 1. The number of rotatable bonds is 2. The van der Waals surface area contributed by atoms with Gasteiger partial charge >= 0.3 is 0 Å². The Kier molecular flexibility index (Phi) is 3.65. The van der Waals surface area contributed by atoms with Crippen LogP contribution in [-0.4, -0.2) is 40.5 Å². The SMILES string of the molecule is CN1CCCC(c2nccn2C(=O)c2ccccc2)C1. The highest BCUT2D eigenvalue weighted by Crippen LogP contribution is 2.25. The van der Waals surface area contributed by atoms with Gasteiger partial charge in [-0.05, 0) is 38.6 Å². The molecule has 0 saturated carbocycles. The summed E-state index contributed by atoms with van der Waals surface area (Å²) in [5, 5.41) is 0. The quantitative estimate of drug-likeness (QED) is 0.840. The summed E-state index contributed by atoms with van der Waals surface area (Å²) in [5.74, 6) is 1.24. The van der Waals surface area contributed by atoms with Crippen molar-refractivity contribution in [1.82, 2.24) is 14.5 Å². The highest BCUT2D eigenvalue weighted by molar-refractivity contribution is 5.96. The first kappa shape index (κ1) is 13.1. The third-order valence-corrected chi connectivity index (χ3v) is 3.90. The Morgan fingerprint density at radius 3 is 2.85 bits per heavy atom. The molecule has 1 aliphatic rings. The number of piperidine rings is 1. The molecular weight excluding hydrogens is 250 g/mol. The van der Waals surface area contributed by atoms with E-state index in [-0.39, 0.29) is 5.91 Å². The van der Waals surface area contributed by atoms with Gasteiger partial charge in [-0.25, -0.2) is 4.98 Å². The van der Waals surface area contributed by atoms with Gasteiger partial charge in [0.25, 0.3) is 5.91 Å². The first-order valence-corrected chi connectivity index (χ1v) is 7.07. The lowest BCUT2D eigenvalue weighted by atomic mass is 9.97. The van der Waals surface area contributed by atoms with Gasteiger partial charge in [0.2, 0.25) is 0 Å². The van der Waals surface area contributed by atoms with Crippen LogP contribution in [0.3, 0.4) is 0 Å². The van der Waals surface area contributed by atoms with Gasteiger partial charge in [-0.2, -0.15) is 0 Å². The van der Waals surface area contributed by atoms with Gasteiger partial charge in [0, 0.05) is 30.4 Å². The van der Waals surface area contributed by atoms with Crippen LogP contribution in [0.1, 0.15) is 34.9 Å². The molecule has 1 aromatic carbocycles.